The smallest absolute Gasteiger partial charge is 0.131 e. The number of halogens is 1. The van der Waals surface area contributed by atoms with E-state index in [1.165, 1.54) is 44.1 Å². The van der Waals surface area contributed by atoms with Crippen LogP contribution < -0.4 is 0 Å². The van der Waals surface area contributed by atoms with Crippen molar-refractivity contribution >= 4 is 0 Å². The van der Waals surface area contributed by atoms with Crippen LogP contribution in [0.1, 0.15) is 82.8 Å². The maximum absolute atomic E-state index is 14.5. The molecule has 0 saturated heterocycles. The van der Waals surface area contributed by atoms with Gasteiger partial charge in [-0.15, -0.1) is 0 Å². The van der Waals surface area contributed by atoms with Crippen molar-refractivity contribution in [3.05, 3.63) is 71.1 Å². The topological polar surface area (TPSA) is 0 Å². The fourth-order valence-corrected chi connectivity index (χ4v) is 4.16. The van der Waals surface area contributed by atoms with Gasteiger partial charge in [-0.3, -0.25) is 0 Å². The minimum atomic E-state index is -0.136. The van der Waals surface area contributed by atoms with Crippen molar-refractivity contribution in [1.82, 2.24) is 0 Å². The summed E-state index contributed by atoms with van der Waals surface area (Å²) in [5.74, 6) is 7.37. The Morgan fingerprint density at radius 3 is 2.40 bits per heavy atom. The first-order valence-corrected chi connectivity index (χ1v) is 11.8. The molecule has 0 aromatic heterocycles. The Hall–Kier alpha value is -2.33. The van der Waals surface area contributed by atoms with Gasteiger partial charge in [-0.25, -0.2) is 4.39 Å². The van der Waals surface area contributed by atoms with Crippen LogP contribution in [0.25, 0.3) is 11.1 Å². The van der Waals surface area contributed by atoms with E-state index in [-0.39, 0.29) is 5.82 Å². The minimum Gasteiger partial charge on any atom is -0.206 e. The molecule has 30 heavy (non-hydrogen) atoms. The highest BCUT2D eigenvalue weighted by atomic mass is 19.1. The number of unbranched alkanes of at least 4 members (excludes halogenated alkanes) is 3. The lowest BCUT2D eigenvalue weighted by atomic mass is 9.86. The van der Waals surface area contributed by atoms with Crippen LogP contribution in [0.2, 0.25) is 0 Å². The van der Waals surface area contributed by atoms with Crippen molar-refractivity contribution in [3.63, 3.8) is 0 Å². The normalized spacial score (nSPS) is 16.0. The number of aryl methyl sites for hydroxylation is 1. The first-order valence-electron chi connectivity index (χ1n) is 11.8. The van der Waals surface area contributed by atoms with Crippen molar-refractivity contribution in [1.29, 1.82) is 0 Å². The van der Waals surface area contributed by atoms with E-state index in [1.807, 2.05) is 36.4 Å². The van der Waals surface area contributed by atoms with Gasteiger partial charge >= 0.3 is 0 Å². The van der Waals surface area contributed by atoms with Crippen LogP contribution in [0.15, 0.2) is 54.1 Å². The number of hydrogen-bond acceptors (Lipinski definition) is 0. The molecule has 1 heteroatoms. The van der Waals surface area contributed by atoms with Gasteiger partial charge in [-0.05, 0) is 72.9 Å². The Morgan fingerprint density at radius 2 is 1.73 bits per heavy atom. The molecule has 0 saturated carbocycles. The third-order valence-electron chi connectivity index (χ3n) is 6.15. The van der Waals surface area contributed by atoms with Crippen LogP contribution in [0, 0.1) is 23.6 Å². The molecule has 0 bridgehead atoms. The van der Waals surface area contributed by atoms with E-state index in [0.29, 0.717) is 5.56 Å². The quantitative estimate of drug-likeness (QED) is 0.307. The zero-order chi connectivity index (χ0) is 21.2. The predicted octanol–water partition coefficient (Wildman–Crippen LogP) is 8.49. The van der Waals surface area contributed by atoms with Crippen LogP contribution in [-0.4, -0.2) is 0 Å². The number of benzene rings is 2. The second-order valence-corrected chi connectivity index (χ2v) is 8.61. The molecule has 1 aliphatic carbocycles. The molecule has 1 unspecified atom stereocenters. The summed E-state index contributed by atoms with van der Waals surface area (Å²) in [6.07, 6.45) is 14.5. The molecule has 1 atom stereocenters. The van der Waals surface area contributed by atoms with Crippen LogP contribution in [0.3, 0.4) is 0 Å². The predicted molar refractivity (Wildman–Crippen MR) is 127 cm³/mol. The molecule has 0 spiro atoms. The zero-order valence-corrected chi connectivity index (χ0v) is 18.6. The van der Waals surface area contributed by atoms with Gasteiger partial charge in [0.25, 0.3) is 0 Å². The molecule has 0 aliphatic heterocycles. The van der Waals surface area contributed by atoms with Crippen LogP contribution in [0.5, 0.6) is 0 Å². The van der Waals surface area contributed by atoms with Crippen LogP contribution >= 0.6 is 0 Å². The average molecular weight is 403 g/mol. The van der Waals surface area contributed by atoms with Gasteiger partial charge in [0.15, 0.2) is 0 Å². The lowest BCUT2D eigenvalue weighted by molar-refractivity contribution is 0.420. The standard InChI is InChI=1S/C29H35F/c1-3-5-7-9-23-10-12-24(13-11-23)14-15-25-16-19-27(20-17-25)28-21-18-26(8-6-4-2)22-29(28)30/h12,16-23H,3-11,13H2,1-2H3. The highest BCUT2D eigenvalue weighted by Gasteiger charge is 2.13. The first kappa shape index (κ1) is 22.4. The Morgan fingerprint density at radius 1 is 0.933 bits per heavy atom. The molecule has 0 radical (unpaired) electrons. The van der Waals surface area contributed by atoms with E-state index >= 15 is 0 Å². The summed E-state index contributed by atoms with van der Waals surface area (Å²) in [4.78, 5) is 0. The van der Waals surface area contributed by atoms with E-state index in [1.54, 1.807) is 6.07 Å². The molecule has 3 rings (SSSR count). The fourth-order valence-electron chi connectivity index (χ4n) is 4.16. The summed E-state index contributed by atoms with van der Waals surface area (Å²) in [6.45, 7) is 4.42. The third kappa shape index (κ3) is 6.60. The average Bonchev–Trinajstić information content (AvgIpc) is 2.78. The molecule has 0 amide bonds. The van der Waals surface area contributed by atoms with Crippen molar-refractivity contribution in [2.75, 3.05) is 0 Å². The SMILES string of the molecule is CCCCCC1CC=C(C#Cc2ccc(-c3ccc(CCCC)cc3F)cc2)CC1. The Bertz CT molecular complexity index is 892. The van der Waals surface area contributed by atoms with Gasteiger partial charge in [0.1, 0.15) is 5.82 Å². The second-order valence-electron chi connectivity index (χ2n) is 8.61. The fraction of sp³-hybridized carbons (Fsp3) is 0.448. The number of hydrogen-bond donors (Lipinski definition) is 0. The van der Waals surface area contributed by atoms with Gasteiger partial charge in [-0.2, -0.15) is 0 Å². The third-order valence-corrected chi connectivity index (χ3v) is 6.15. The summed E-state index contributed by atoms with van der Waals surface area (Å²) in [6, 6.07) is 13.6. The Balaban J connectivity index is 1.59. The monoisotopic (exact) mass is 402 g/mol. The Kier molecular flexibility index (Phi) is 8.76. The van der Waals surface area contributed by atoms with E-state index in [4.69, 9.17) is 0 Å². The van der Waals surface area contributed by atoms with Crippen molar-refractivity contribution < 1.29 is 4.39 Å². The molecule has 0 nitrogen and oxygen atoms in total. The molecular weight excluding hydrogens is 367 g/mol. The second kappa shape index (κ2) is 11.8. The van der Waals surface area contributed by atoms with E-state index < -0.39 is 0 Å². The largest absolute Gasteiger partial charge is 0.206 e. The maximum Gasteiger partial charge on any atom is 0.131 e. The molecule has 2 aromatic carbocycles. The van der Waals surface area contributed by atoms with Crippen LogP contribution in [0.4, 0.5) is 4.39 Å². The molecule has 158 valence electrons. The van der Waals surface area contributed by atoms with E-state index in [2.05, 4.69) is 31.8 Å². The molecule has 0 N–H and O–H groups in total. The summed E-state index contributed by atoms with van der Waals surface area (Å²) in [5, 5.41) is 0. The number of allylic oxidation sites excluding steroid dienone is 2. The molecule has 1 aliphatic rings. The summed E-state index contributed by atoms with van der Waals surface area (Å²) in [5.41, 5.74) is 4.92. The van der Waals surface area contributed by atoms with Gasteiger partial charge in [0.05, 0.1) is 0 Å². The van der Waals surface area contributed by atoms with E-state index in [0.717, 1.165) is 48.3 Å². The van der Waals surface area contributed by atoms with Crippen molar-refractivity contribution in [3.8, 4) is 23.0 Å². The summed E-state index contributed by atoms with van der Waals surface area (Å²) in [7, 11) is 0. The van der Waals surface area contributed by atoms with Crippen molar-refractivity contribution in [2.45, 2.75) is 78.1 Å². The molecule has 0 heterocycles. The van der Waals surface area contributed by atoms with E-state index in [9.17, 15) is 4.39 Å². The van der Waals surface area contributed by atoms with Crippen molar-refractivity contribution in [2.24, 2.45) is 5.92 Å². The molecule has 2 aromatic rings. The Labute approximate surface area is 182 Å². The van der Waals surface area contributed by atoms with Gasteiger partial charge in [0, 0.05) is 11.1 Å². The molecule has 0 fully saturated rings. The van der Waals surface area contributed by atoms with Gasteiger partial charge in [0.2, 0.25) is 0 Å². The van der Waals surface area contributed by atoms with Crippen LogP contribution in [-0.2, 0) is 6.42 Å². The molecular formula is C29H35F. The van der Waals surface area contributed by atoms with Gasteiger partial charge < -0.3 is 0 Å². The lowest BCUT2D eigenvalue weighted by Crippen LogP contribution is -2.05. The first-order chi connectivity index (χ1) is 14.7. The van der Waals surface area contributed by atoms with Gasteiger partial charge in [-0.1, -0.05) is 88.1 Å². The zero-order valence-electron chi connectivity index (χ0n) is 18.6. The highest BCUT2D eigenvalue weighted by Crippen LogP contribution is 2.28. The summed E-state index contributed by atoms with van der Waals surface area (Å²) < 4.78 is 14.5. The summed E-state index contributed by atoms with van der Waals surface area (Å²) >= 11 is 0. The highest BCUT2D eigenvalue weighted by molar-refractivity contribution is 5.65. The number of rotatable bonds is 8. The maximum atomic E-state index is 14.5. The lowest BCUT2D eigenvalue weighted by Gasteiger charge is -2.19. The minimum absolute atomic E-state index is 0.136.